The number of anilines is 1. The molecule has 0 unspecified atom stereocenters. The predicted octanol–water partition coefficient (Wildman–Crippen LogP) is 5.31. The van der Waals surface area contributed by atoms with Gasteiger partial charge in [-0.1, -0.05) is 43.7 Å². The van der Waals surface area contributed by atoms with Gasteiger partial charge in [0.2, 0.25) is 5.91 Å². The van der Waals surface area contributed by atoms with Crippen LogP contribution < -0.4 is 5.32 Å². The van der Waals surface area contributed by atoms with E-state index in [1.807, 2.05) is 24.4 Å². The smallest absolute Gasteiger partial charge is 0.231 e. The summed E-state index contributed by atoms with van der Waals surface area (Å²) >= 11 is 3.12. The summed E-state index contributed by atoms with van der Waals surface area (Å²) in [5, 5.41) is 5.57. The minimum atomic E-state index is -0.0176. The summed E-state index contributed by atoms with van der Waals surface area (Å²) in [5.74, 6) is -0.0176. The number of carbonyl (C=O) groups excluding carboxylic acids is 1. The summed E-state index contributed by atoms with van der Waals surface area (Å²) in [5.41, 5.74) is 3.40. The zero-order chi connectivity index (χ0) is 16.9. The van der Waals surface area contributed by atoms with Crippen LogP contribution in [0.3, 0.4) is 0 Å². The largest absolute Gasteiger partial charge is 0.302 e. The Morgan fingerprint density at radius 3 is 2.67 bits per heavy atom. The Morgan fingerprint density at radius 1 is 1.21 bits per heavy atom. The van der Waals surface area contributed by atoms with Crippen molar-refractivity contribution in [3.05, 3.63) is 57.1 Å². The highest BCUT2D eigenvalue weighted by molar-refractivity contribution is 7.16. The number of nitrogens with one attached hydrogen (secondary N) is 1. The van der Waals surface area contributed by atoms with Gasteiger partial charge in [0, 0.05) is 15.3 Å². The van der Waals surface area contributed by atoms with Crippen LogP contribution in [-0.4, -0.2) is 10.9 Å². The summed E-state index contributed by atoms with van der Waals surface area (Å²) in [6.07, 6.45) is 2.65. The third-order valence-corrected chi connectivity index (χ3v) is 5.49. The van der Waals surface area contributed by atoms with Crippen molar-refractivity contribution in [3.8, 4) is 11.3 Å². The van der Waals surface area contributed by atoms with Crippen molar-refractivity contribution in [2.45, 2.75) is 33.1 Å². The van der Waals surface area contributed by atoms with Crippen molar-refractivity contribution < 1.29 is 4.79 Å². The maximum absolute atomic E-state index is 12.1. The lowest BCUT2D eigenvalue weighted by molar-refractivity contribution is -0.115. The van der Waals surface area contributed by atoms with Gasteiger partial charge in [-0.15, -0.1) is 22.7 Å². The number of nitrogens with zero attached hydrogens (tertiary/aromatic N) is 1. The zero-order valence-corrected chi connectivity index (χ0v) is 15.5. The molecule has 0 aliphatic rings. The molecule has 5 heteroatoms. The van der Waals surface area contributed by atoms with Crippen molar-refractivity contribution in [2.75, 3.05) is 5.32 Å². The van der Waals surface area contributed by atoms with Gasteiger partial charge < -0.3 is 5.32 Å². The maximum Gasteiger partial charge on any atom is 0.231 e. The first-order valence-electron chi connectivity index (χ1n) is 8.04. The van der Waals surface area contributed by atoms with E-state index >= 15 is 0 Å². The van der Waals surface area contributed by atoms with E-state index < -0.39 is 0 Å². The number of benzene rings is 1. The molecule has 0 atom stereocenters. The number of thiazole rings is 1. The number of aryl methyl sites for hydroxylation is 2. The van der Waals surface area contributed by atoms with E-state index in [-0.39, 0.29) is 5.91 Å². The van der Waals surface area contributed by atoms with Crippen LogP contribution in [-0.2, 0) is 17.6 Å². The highest BCUT2D eigenvalue weighted by atomic mass is 32.1. The normalized spacial score (nSPS) is 10.8. The second kappa shape index (κ2) is 7.73. The molecule has 0 fully saturated rings. The number of carbonyl (C=O) groups is 1. The number of hydrogen-bond acceptors (Lipinski definition) is 4. The van der Waals surface area contributed by atoms with Gasteiger partial charge >= 0.3 is 0 Å². The molecule has 2 heterocycles. The van der Waals surface area contributed by atoms with Gasteiger partial charge in [0.05, 0.1) is 12.1 Å². The Morgan fingerprint density at radius 2 is 2.00 bits per heavy atom. The van der Waals surface area contributed by atoms with E-state index in [1.54, 1.807) is 11.3 Å². The van der Waals surface area contributed by atoms with Crippen LogP contribution >= 0.6 is 22.7 Å². The standard InChI is InChI=1S/C19H20N2OS2/c1-3-5-14-7-9-15(10-8-14)18-13(2)24-19(21-18)20-17(22)12-16-6-4-11-23-16/h4,6-11H,3,5,12H2,1-2H3,(H,20,21,22). The Balaban J connectivity index is 1.71. The van der Waals surface area contributed by atoms with Crippen LogP contribution in [0, 0.1) is 6.92 Å². The molecule has 3 rings (SSSR count). The second-order valence-electron chi connectivity index (χ2n) is 5.68. The number of thiophene rings is 1. The van der Waals surface area contributed by atoms with Gasteiger partial charge in [-0.2, -0.15) is 0 Å². The lowest BCUT2D eigenvalue weighted by atomic mass is 10.1. The molecule has 0 bridgehead atoms. The lowest BCUT2D eigenvalue weighted by Gasteiger charge is -2.02. The SMILES string of the molecule is CCCc1ccc(-c2nc(NC(=O)Cc3cccs3)sc2C)cc1. The number of rotatable bonds is 6. The molecule has 0 saturated carbocycles. The van der Waals surface area contributed by atoms with Crippen molar-refractivity contribution in [2.24, 2.45) is 0 Å². The van der Waals surface area contributed by atoms with Gasteiger partial charge in [-0.3, -0.25) is 4.79 Å². The zero-order valence-electron chi connectivity index (χ0n) is 13.8. The van der Waals surface area contributed by atoms with E-state index in [4.69, 9.17) is 0 Å². The summed E-state index contributed by atoms with van der Waals surface area (Å²) < 4.78 is 0. The molecular weight excluding hydrogens is 336 g/mol. The molecule has 24 heavy (non-hydrogen) atoms. The van der Waals surface area contributed by atoms with Gasteiger partial charge in [-0.25, -0.2) is 4.98 Å². The van der Waals surface area contributed by atoms with Crippen LogP contribution in [0.1, 0.15) is 28.7 Å². The van der Waals surface area contributed by atoms with Crippen LogP contribution in [0.15, 0.2) is 41.8 Å². The van der Waals surface area contributed by atoms with Crippen LogP contribution in [0.2, 0.25) is 0 Å². The third-order valence-electron chi connectivity index (χ3n) is 3.72. The fourth-order valence-corrected chi connectivity index (χ4v) is 4.13. The summed E-state index contributed by atoms with van der Waals surface area (Å²) in [4.78, 5) is 18.9. The van der Waals surface area contributed by atoms with E-state index in [0.717, 1.165) is 33.9 Å². The minimum absolute atomic E-state index is 0.0176. The molecule has 0 aliphatic heterocycles. The first-order valence-corrected chi connectivity index (χ1v) is 9.74. The molecule has 1 amide bonds. The highest BCUT2D eigenvalue weighted by Crippen LogP contribution is 2.30. The summed E-state index contributed by atoms with van der Waals surface area (Å²) in [7, 11) is 0. The molecule has 0 radical (unpaired) electrons. The fourth-order valence-electron chi connectivity index (χ4n) is 2.57. The topological polar surface area (TPSA) is 42.0 Å². The Bertz CT molecular complexity index is 805. The molecule has 0 saturated heterocycles. The summed E-state index contributed by atoms with van der Waals surface area (Å²) in [6.45, 7) is 4.23. The Kier molecular flexibility index (Phi) is 5.43. The van der Waals surface area contributed by atoms with E-state index in [0.29, 0.717) is 11.6 Å². The first kappa shape index (κ1) is 16.9. The molecule has 1 aromatic carbocycles. The number of aromatic nitrogens is 1. The van der Waals surface area contributed by atoms with Crippen molar-refractivity contribution >= 4 is 33.7 Å². The number of amides is 1. The minimum Gasteiger partial charge on any atom is -0.302 e. The fraction of sp³-hybridized carbons (Fsp3) is 0.263. The monoisotopic (exact) mass is 356 g/mol. The highest BCUT2D eigenvalue weighted by Gasteiger charge is 2.12. The summed E-state index contributed by atoms with van der Waals surface area (Å²) in [6, 6.07) is 12.5. The van der Waals surface area contributed by atoms with Crippen molar-refractivity contribution in [1.29, 1.82) is 0 Å². The van der Waals surface area contributed by atoms with Crippen LogP contribution in [0.4, 0.5) is 5.13 Å². The molecular formula is C19H20N2OS2. The molecule has 3 aromatic rings. The first-order chi connectivity index (χ1) is 11.7. The Labute approximate surface area is 150 Å². The number of hydrogen-bond donors (Lipinski definition) is 1. The molecule has 1 N–H and O–H groups in total. The maximum atomic E-state index is 12.1. The molecule has 0 aliphatic carbocycles. The molecule has 3 nitrogen and oxygen atoms in total. The average Bonchev–Trinajstić information content (AvgIpc) is 3.18. The molecule has 2 aromatic heterocycles. The molecule has 0 spiro atoms. The second-order valence-corrected chi connectivity index (χ2v) is 7.91. The van der Waals surface area contributed by atoms with Gasteiger partial charge in [0.1, 0.15) is 0 Å². The van der Waals surface area contributed by atoms with E-state index in [2.05, 4.69) is 41.5 Å². The van der Waals surface area contributed by atoms with Gasteiger partial charge in [-0.05, 0) is 30.4 Å². The van der Waals surface area contributed by atoms with Crippen LogP contribution in [0.5, 0.6) is 0 Å². The quantitative estimate of drug-likeness (QED) is 0.650. The third kappa shape index (κ3) is 4.10. The lowest BCUT2D eigenvalue weighted by Crippen LogP contribution is -2.13. The van der Waals surface area contributed by atoms with Crippen molar-refractivity contribution in [1.82, 2.24) is 4.98 Å². The van der Waals surface area contributed by atoms with Crippen LogP contribution in [0.25, 0.3) is 11.3 Å². The van der Waals surface area contributed by atoms with Crippen molar-refractivity contribution in [3.63, 3.8) is 0 Å². The van der Waals surface area contributed by atoms with Gasteiger partial charge in [0.25, 0.3) is 0 Å². The van der Waals surface area contributed by atoms with E-state index in [9.17, 15) is 4.79 Å². The predicted molar refractivity (Wildman–Crippen MR) is 103 cm³/mol. The molecule has 124 valence electrons. The van der Waals surface area contributed by atoms with E-state index in [1.165, 1.54) is 16.9 Å². The van der Waals surface area contributed by atoms with Gasteiger partial charge in [0.15, 0.2) is 5.13 Å². The average molecular weight is 357 g/mol. The Hall–Kier alpha value is -1.98.